The van der Waals surface area contributed by atoms with Crippen LogP contribution in [0.15, 0.2) is 72.8 Å². The molecule has 0 fully saturated rings. The third kappa shape index (κ3) is 6.88. The second kappa shape index (κ2) is 11.6. The highest BCUT2D eigenvalue weighted by Crippen LogP contribution is 2.14. The van der Waals surface area contributed by atoms with Crippen molar-refractivity contribution in [2.75, 3.05) is 11.9 Å². The Morgan fingerprint density at radius 2 is 1.47 bits per heavy atom. The molecule has 0 radical (unpaired) electrons. The van der Waals surface area contributed by atoms with Gasteiger partial charge in [0.25, 0.3) is 17.7 Å². The highest BCUT2D eigenvalue weighted by atomic mass is 32.1. The maximum absolute atomic E-state index is 12.4. The molecule has 0 aliphatic heterocycles. The number of hydrogen-bond acceptors (Lipinski definition) is 5. The third-order valence-corrected chi connectivity index (χ3v) is 4.81. The Balaban J connectivity index is 1.49. The Kier molecular flexibility index (Phi) is 8.31. The normalized spacial score (nSPS) is 10.1. The smallest absolute Gasteiger partial charge is 0.269 e. The Hall–Kier alpha value is -4.24. The van der Waals surface area contributed by atoms with Crippen LogP contribution in [-0.2, 0) is 0 Å². The van der Waals surface area contributed by atoms with Crippen molar-refractivity contribution in [2.24, 2.45) is 0 Å². The van der Waals surface area contributed by atoms with E-state index in [1.54, 1.807) is 60.7 Å². The zero-order valence-electron chi connectivity index (χ0n) is 18.7. The van der Waals surface area contributed by atoms with Gasteiger partial charge in [-0.3, -0.25) is 30.6 Å². The minimum Gasteiger partial charge on any atom is -0.494 e. The molecule has 0 heterocycles. The Bertz CT molecular complexity index is 1210. The molecule has 9 heteroatoms. The number of benzene rings is 3. The third-order valence-electron chi connectivity index (χ3n) is 4.61. The van der Waals surface area contributed by atoms with Gasteiger partial charge in [0, 0.05) is 22.4 Å². The average molecular weight is 477 g/mol. The number of nitrogens with one attached hydrogen (secondary N) is 4. The number of amides is 3. The first-order valence-electron chi connectivity index (χ1n) is 10.5. The van der Waals surface area contributed by atoms with Gasteiger partial charge in [-0.1, -0.05) is 23.8 Å². The van der Waals surface area contributed by atoms with Crippen LogP contribution < -0.4 is 26.2 Å². The van der Waals surface area contributed by atoms with Crippen LogP contribution in [0.2, 0.25) is 0 Å². The van der Waals surface area contributed by atoms with Crippen molar-refractivity contribution in [1.82, 2.24) is 16.2 Å². The summed E-state index contributed by atoms with van der Waals surface area (Å²) in [5, 5.41) is 5.21. The van der Waals surface area contributed by atoms with E-state index in [2.05, 4.69) is 21.5 Å². The number of hydrogen-bond donors (Lipinski definition) is 4. The summed E-state index contributed by atoms with van der Waals surface area (Å²) in [4.78, 5) is 37.0. The largest absolute Gasteiger partial charge is 0.494 e. The highest BCUT2D eigenvalue weighted by molar-refractivity contribution is 7.80. The maximum Gasteiger partial charge on any atom is 0.269 e. The average Bonchev–Trinajstić information content (AvgIpc) is 2.83. The van der Waals surface area contributed by atoms with Gasteiger partial charge in [0.2, 0.25) is 0 Å². The lowest BCUT2D eigenvalue weighted by Crippen LogP contribution is -2.48. The first-order valence-corrected chi connectivity index (χ1v) is 10.9. The van der Waals surface area contributed by atoms with Crippen molar-refractivity contribution in [2.45, 2.75) is 13.8 Å². The van der Waals surface area contributed by atoms with Gasteiger partial charge in [-0.2, -0.15) is 0 Å². The molecule has 3 rings (SSSR count). The van der Waals surface area contributed by atoms with Crippen molar-refractivity contribution in [3.05, 3.63) is 95.1 Å². The number of carbonyl (C=O) groups excluding carboxylic acids is 3. The number of thiocarbonyl (C=S) groups is 1. The van der Waals surface area contributed by atoms with Crippen LogP contribution in [-0.4, -0.2) is 29.4 Å². The van der Waals surface area contributed by atoms with E-state index in [0.29, 0.717) is 34.7 Å². The Morgan fingerprint density at radius 1 is 0.794 bits per heavy atom. The van der Waals surface area contributed by atoms with Gasteiger partial charge in [0.15, 0.2) is 5.11 Å². The molecule has 0 unspecified atom stereocenters. The van der Waals surface area contributed by atoms with Crippen LogP contribution in [0, 0.1) is 6.92 Å². The minimum atomic E-state index is -0.466. The fourth-order valence-corrected chi connectivity index (χ4v) is 3.12. The second-order valence-electron chi connectivity index (χ2n) is 7.22. The van der Waals surface area contributed by atoms with Gasteiger partial charge in [0.05, 0.1) is 6.61 Å². The summed E-state index contributed by atoms with van der Waals surface area (Å²) in [5.74, 6) is -0.579. The maximum atomic E-state index is 12.4. The molecule has 0 saturated carbocycles. The molecule has 0 aromatic heterocycles. The van der Waals surface area contributed by atoms with Gasteiger partial charge in [-0.05, 0) is 80.7 Å². The van der Waals surface area contributed by atoms with Gasteiger partial charge >= 0.3 is 0 Å². The Morgan fingerprint density at radius 3 is 2.15 bits per heavy atom. The van der Waals surface area contributed by atoms with Gasteiger partial charge < -0.3 is 10.1 Å². The molecule has 34 heavy (non-hydrogen) atoms. The Labute approximate surface area is 202 Å². The van der Waals surface area contributed by atoms with Crippen molar-refractivity contribution in [3.63, 3.8) is 0 Å². The van der Waals surface area contributed by atoms with Crippen LogP contribution in [0.1, 0.15) is 43.6 Å². The van der Waals surface area contributed by atoms with E-state index in [9.17, 15) is 14.4 Å². The predicted octanol–water partition coefficient (Wildman–Crippen LogP) is 3.60. The summed E-state index contributed by atoms with van der Waals surface area (Å²) in [6, 6.07) is 20.3. The van der Waals surface area contributed by atoms with E-state index in [4.69, 9.17) is 17.0 Å². The number of carbonyl (C=O) groups is 3. The van der Waals surface area contributed by atoms with Crippen LogP contribution >= 0.6 is 12.2 Å². The lowest BCUT2D eigenvalue weighted by Gasteiger charge is -2.12. The van der Waals surface area contributed by atoms with Crippen molar-refractivity contribution in [3.8, 4) is 5.75 Å². The van der Waals surface area contributed by atoms with E-state index in [1.807, 2.05) is 26.0 Å². The quantitative estimate of drug-likeness (QED) is 0.320. The number of hydrazine groups is 1. The van der Waals surface area contributed by atoms with E-state index < -0.39 is 11.8 Å². The van der Waals surface area contributed by atoms with Crippen molar-refractivity contribution >= 4 is 40.7 Å². The first-order chi connectivity index (χ1) is 16.4. The monoisotopic (exact) mass is 476 g/mol. The highest BCUT2D eigenvalue weighted by Gasteiger charge is 2.11. The predicted molar refractivity (Wildman–Crippen MR) is 134 cm³/mol. The van der Waals surface area contributed by atoms with Crippen molar-refractivity contribution < 1.29 is 19.1 Å². The number of rotatable bonds is 6. The first kappa shape index (κ1) is 24.4. The molecule has 174 valence electrons. The lowest BCUT2D eigenvalue weighted by molar-refractivity contribution is 0.0934. The standard InChI is InChI=1S/C25H24N4O4S/c1-3-33-21-9-5-8-19(15-21)23(31)27-25(34)29-28-24(32)17-10-12-20(13-11-17)26-22(30)18-7-4-6-16(2)14-18/h4-15H,3H2,1-2H3,(H,26,30)(H,28,32)(H2,27,29,31,34). The van der Waals surface area contributed by atoms with Gasteiger partial charge in [-0.25, -0.2) is 0 Å². The summed E-state index contributed by atoms with van der Waals surface area (Å²) < 4.78 is 5.38. The lowest BCUT2D eigenvalue weighted by atomic mass is 10.1. The van der Waals surface area contributed by atoms with E-state index in [0.717, 1.165) is 5.56 Å². The molecule has 3 aromatic rings. The van der Waals surface area contributed by atoms with E-state index >= 15 is 0 Å². The minimum absolute atomic E-state index is 0.0674. The fourth-order valence-electron chi connectivity index (χ4n) is 2.98. The molecule has 0 aliphatic rings. The summed E-state index contributed by atoms with van der Waals surface area (Å²) in [6.07, 6.45) is 0. The van der Waals surface area contributed by atoms with Crippen LogP contribution in [0.4, 0.5) is 5.69 Å². The van der Waals surface area contributed by atoms with Crippen LogP contribution in [0.25, 0.3) is 0 Å². The van der Waals surface area contributed by atoms with Crippen LogP contribution in [0.5, 0.6) is 5.75 Å². The topological polar surface area (TPSA) is 109 Å². The number of aryl methyl sites for hydroxylation is 1. The van der Waals surface area contributed by atoms with Gasteiger partial charge in [-0.15, -0.1) is 0 Å². The zero-order valence-corrected chi connectivity index (χ0v) is 19.5. The molecule has 4 N–H and O–H groups in total. The van der Waals surface area contributed by atoms with Crippen molar-refractivity contribution in [1.29, 1.82) is 0 Å². The molecule has 3 amide bonds. The summed E-state index contributed by atoms with van der Waals surface area (Å²) in [5.41, 5.74) is 7.70. The molecule has 0 atom stereocenters. The van der Waals surface area contributed by atoms with Gasteiger partial charge in [0.1, 0.15) is 5.75 Å². The molecule has 3 aromatic carbocycles. The molecule has 0 aliphatic carbocycles. The summed E-state index contributed by atoms with van der Waals surface area (Å²) in [6.45, 7) is 4.25. The molecule has 8 nitrogen and oxygen atoms in total. The number of anilines is 1. The fraction of sp³-hybridized carbons (Fsp3) is 0.120. The molecule has 0 spiro atoms. The summed E-state index contributed by atoms with van der Waals surface area (Å²) >= 11 is 5.07. The molecular weight excluding hydrogens is 452 g/mol. The second-order valence-corrected chi connectivity index (χ2v) is 7.63. The molecule has 0 saturated heterocycles. The number of ether oxygens (including phenoxy) is 1. The summed E-state index contributed by atoms with van der Waals surface area (Å²) in [7, 11) is 0. The SMILES string of the molecule is CCOc1cccc(C(=O)NC(=S)NNC(=O)c2ccc(NC(=O)c3cccc(C)c3)cc2)c1. The zero-order chi connectivity index (χ0) is 24.5. The van der Waals surface area contributed by atoms with E-state index in [-0.39, 0.29) is 11.0 Å². The van der Waals surface area contributed by atoms with E-state index in [1.165, 1.54) is 0 Å². The molecular formula is C25H24N4O4S. The molecule has 0 bridgehead atoms. The van der Waals surface area contributed by atoms with Crippen LogP contribution in [0.3, 0.4) is 0 Å².